The molecule has 2 aromatic heterocycles. The first-order valence-electron chi connectivity index (χ1n) is 8.78. The van der Waals surface area contributed by atoms with E-state index in [1.165, 1.54) is 0 Å². The number of nitrogens with zero attached hydrogens (tertiary/aromatic N) is 4. The molecule has 28 heavy (non-hydrogen) atoms. The number of benzene rings is 2. The molecule has 0 unspecified atom stereocenters. The van der Waals surface area contributed by atoms with Crippen molar-refractivity contribution < 1.29 is 4.52 Å². The fraction of sp³-hybridized carbons (Fsp3) is 0.0909. The molecule has 0 spiro atoms. The van der Waals surface area contributed by atoms with Gasteiger partial charge in [0.05, 0.1) is 22.9 Å². The number of aryl methyl sites for hydroxylation is 2. The molecule has 0 radical (unpaired) electrons. The van der Waals surface area contributed by atoms with E-state index in [-0.39, 0.29) is 0 Å². The quantitative estimate of drug-likeness (QED) is 0.544. The molecule has 6 heteroatoms. The van der Waals surface area contributed by atoms with E-state index in [0.29, 0.717) is 17.3 Å². The van der Waals surface area contributed by atoms with Crippen LogP contribution in [0.3, 0.4) is 0 Å². The van der Waals surface area contributed by atoms with E-state index < -0.39 is 0 Å². The van der Waals surface area contributed by atoms with Crippen LogP contribution in [0.15, 0.2) is 65.3 Å². The molecule has 4 rings (SSSR count). The summed E-state index contributed by atoms with van der Waals surface area (Å²) in [6, 6.07) is 19.3. The molecule has 0 fully saturated rings. The summed E-state index contributed by atoms with van der Waals surface area (Å²) in [5.41, 5.74) is 5.68. The topological polar surface area (TPSA) is 87.6 Å². The molecule has 0 saturated carbocycles. The zero-order valence-electron chi connectivity index (χ0n) is 15.5. The lowest BCUT2D eigenvalue weighted by atomic mass is 10.0. The summed E-state index contributed by atoms with van der Waals surface area (Å²) in [6.45, 7) is 3.80. The van der Waals surface area contributed by atoms with Crippen molar-refractivity contribution in [2.75, 3.05) is 5.32 Å². The van der Waals surface area contributed by atoms with E-state index in [1.807, 2.05) is 62.4 Å². The SMILES string of the molecule is Cc1cc(C#N)ccc1Nc1nccc(-c2c(-c3ccccc3)noc2C)n1. The molecule has 136 valence electrons. The van der Waals surface area contributed by atoms with Gasteiger partial charge in [-0.1, -0.05) is 35.5 Å². The minimum absolute atomic E-state index is 0.463. The maximum Gasteiger partial charge on any atom is 0.227 e. The molecule has 1 N–H and O–H groups in total. The summed E-state index contributed by atoms with van der Waals surface area (Å²) in [5.74, 6) is 1.16. The van der Waals surface area contributed by atoms with Crippen molar-refractivity contribution in [3.63, 3.8) is 0 Å². The Morgan fingerprint density at radius 1 is 1.04 bits per heavy atom. The summed E-state index contributed by atoms with van der Waals surface area (Å²) in [5, 5.41) is 16.5. The first kappa shape index (κ1) is 17.4. The minimum Gasteiger partial charge on any atom is -0.360 e. The minimum atomic E-state index is 0.463. The Kier molecular flexibility index (Phi) is 4.56. The largest absolute Gasteiger partial charge is 0.360 e. The number of nitrogens with one attached hydrogen (secondary N) is 1. The molecule has 0 aliphatic rings. The van der Waals surface area contributed by atoms with Gasteiger partial charge in [-0.25, -0.2) is 9.97 Å². The van der Waals surface area contributed by atoms with Crippen LogP contribution in [-0.2, 0) is 0 Å². The number of anilines is 2. The van der Waals surface area contributed by atoms with E-state index in [1.54, 1.807) is 12.3 Å². The highest BCUT2D eigenvalue weighted by Gasteiger charge is 2.18. The lowest BCUT2D eigenvalue weighted by molar-refractivity contribution is 0.400. The predicted molar refractivity (Wildman–Crippen MR) is 107 cm³/mol. The molecule has 0 aliphatic carbocycles. The van der Waals surface area contributed by atoms with Gasteiger partial charge in [0, 0.05) is 17.4 Å². The Bertz CT molecular complexity index is 1180. The second-order valence-corrected chi connectivity index (χ2v) is 6.36. The summed E-state index contributed by atoms with van der Waals surface area (Å²) in [4.78, 5) is 8.98. The highest BCUT2D eigenvalue weighted by atomic mass is 16.5. The normalized spacial score (nSPS) is 10.5. The van der Waals surface area contributed by atoms with Crippen molar-refractivity contribution in [2.45, 2.75) is 13.8 Å². The fourth-order valence-electron chi connectivity index (χ4n) is 3.02. The Morgan fingerprint density at radius 3 is 2.61 bits per heavy atom. The van der Waals surface area contributed by atoms with E-state index in [9.17, 15) is 0 Å². The number of aromatic nitrogens is 3. The maximum atomic E-state index is 9.02. The van der Waals surface area contributed by atoms with Crippen LogP contribution in [0.2, 0.25) is 0 Å². The second kappa shape index (κ2) is 7.33. The zero-order chi connectivity index (χ0) is 19.5. The van der Waals surface area contributed by atoms with Gasteiger partial charge in [-0.05, 0) is 43.7 Å². The fourth-order valence-corrected chi connectivity index (χ4v) is 3.02. The molecule has 0 amide bonds. The van der Waals surface area contributed by atoms with Crippen LogP contribution in [0.4, 0.5) is 11.6 Å². The van der Waals surface area contributed by atoms with E-state index in [4.69, 9.17) is 9.78 Å². The van der Waals surface area contributed by atoms with Crippen LogP contribution in [0.1, 0.15) is 16.9 Å². The molecule has 2 heterocycles. The van der Waals surface area contributed by atoms with Crippen molar-refractivity contribution in [2.24, 2.45) is 0 Å². The Labute approximate surface area is 162 Å². The third-order valence-corrected chi connectivity index (χ3v) is 4.42. The average Bonchev–Trinajstić information content (AvgIpc) is 3.12. The molecule has 0 bridgehead atoms. The summed E-state index contributed by atoms with van der Waals surface area (Å²) >= 11 is 0. The van der Waals surface area contributed by atoms with Gasteiger partial charge in [0.15, 0.2) is 0 Å². The van der Waals surface area contributed by atoms with E-state index in [2.05, 4.69) is 26.5 Å². The van der Waals surface area contributed by atoms with Crippen molar-refractivity contribution in [3.8, 4) is 28.6 Å². The Morgan fingerprint density at radius 2 is 1.86 bits per heavy atom. The summed E-state index contributed by atoms with van der Waals surface area (Å²) in [6.07, 6.45) is 1.70. The first-order chi connectivity index (χ1) is 13.7. The van der Waals surface area contributed by atoms with Crippen LogP contribution in [0.5, 0.6) is 0 Å². The third kappa shape index (κ3) is 3.33. The van der Waals surface area contributed by atoms with Gasteiger partial charge in [0.1, 0.15) is 11.5 Å². The first-order valence-corrected chi connectivity index (χ1v) is 8.78. The lowest BCUT2D eigenvalue weighted by Gasteiger charge is -2.09. The van der Waals surface area contributed by atoms with E-state index >= 15 is 0 Å². The Hall–Kier alpha value is -3.98. The standard InChI is InChI=1S/C22H17N5O/c1-14-12-16(13-23)8-9-18(14)25-22-24-11-10-19(26-22)20-15(2)28-27-21(20)17-6-4-3-5-7-17/h3-12H,1-2H3,(H,24,25,26). The lowest BCUT2D eigenvalue weighted by Crippen LogP contribution is -2.00. The van der Waals surface area contributed by atoms with Crippen molar-refractivity contribution >= 4 is 11.6 Å². The van der Waals surface area contributed by atoms with Crippen LogP contribution < -0.4 is 5.32 Å². The molecule has 2 aromatic carbocycles. The molecule has 4 aromatic rings. The average molecular weight is 367 g/mol. The van der Waals surface area contributed by atoms with Gasteiger partial charge in [-0.3, -0.25) is 0 Å². The van der Waals surface area contributed by atoms with Gasteiger partial charge < -0.3 is 9.84 Å². The number of hydrogen-bond donors (Lipinski definition) is 1. The maximum absolute atomic E-state index is 9.02. The van der Waals surface area contributed by atoms with Crippen LogP contribution in [0.25, 0.3) is 22.5 Å². The summed E-state index contributed by atoms with van der Waals surface area (Å²) < 4.78 is 5.45. The predicted octanol–water partition coefficient (Wildman–Crippen LogP) is 5.03. The van der Waals surface area contributed by atoms with Gasteiger partial charge in [0.2, 0.25) is 5.95 Å². The number of rotatable bonds is 4. The van der Waals surface area contributed by atoms with Gasteiger partial charge in [0.25, 0.3) is 0 Å². The van der Waals surface area contributed by atoms with Crippen molar-refractivity contribution in [3.05, 3.63) is 77.7 Å². The number of nitriles is 1. The van der Waals surface area contributed by atoms with Gasteiger partial charge in [-0.15, -0.1) is 0 Å². The highest BCUT2D eigenvalue weighted by molar-refractivity contribution is 5.80. The van der Waals surface area contributed by atoms with Crippen LogP contribution >= 0.6 is 0 Å². The monoisotopic (exact) mass is 367 g/mol. The molecular weight excluding hydrogens is 350 g/mol. The van der Waals surface area contributed by atoms with E-state index in [0.717, 1.165) is 33.8 Å². The molecule has 6 nitrogen and oxygen atoms in total. The second-order valence-electron chi connectivity index (χ2n) is 6.36. The third-order valence-electron chi connectivity index (χ3n) is 4.42. The summed E-state index contributed by atoms with van der Waals surface area (Å²) in [7, 11) is 0. The smallest absolute Gasteiger partial charge is 0.227 e. The van der Waals surface area contributed by atoms with Crippen molar-refractivity contribution in [1.82, 2.24) is 15.1 Å². The molecule has 0 saturated heterocycles. The number of hydrogen-bond acceptors (Lipinski definition) is 6. The highest BCUT2D eigenvalue weighted by Crippen LogP contribution is 2.33. The van der Waals surface area contributed by atoms with Gasteiger partial charge in [-0.2, -0.15) is 5.26 Å². The van der Waals surface area contributed by atoms with Crippen LogP contribution in [0, 0.1) is 25.2 Å². The molecular formula is C22H17N5O. The zero-order valence-corrected chi connectivity index (χ0v) is 15.5. The molecule has 0 atom stereocenters. The van der Waals surface area contributed by atoms with Gasteiger partial charge >= 0.3 is 0 Å². The Balaban J connectivity index is 1.71. The molecule has 0 aliphatic heterocycles. The van der Waals surface area contributed by atoms with Crippen molar-refractivity contribution in [1.29, 1.82) is 5.26 Å². The van der Waals surface area contributed by atoms with Crippen LogP contribution in [-0.4, -0.2) is 15.1 Å².